The second kappa shape index (κ2) is 6.61. The number of benzene rings is 1. The molecule has 0 aliphatic carbocycles. The van der Waals surface area contributed by atoms with E-state index in [1.54, 1.807) is 0 Å². The molecule has 3 heteroatoms. The zero-order chi connectivity index (χ0) is 15.5. The monoisotopic (exact) mass is 289 g/mol. The highest BCUT2D eigenvalue weighted by Gasteiger charge is 2.33. The number of aryl methyl sites for hydroxylation is 2. The third-order valence-corrected chi connectivity index (χ3v) is 5.11. The van der Waals surface area contributed by atoms with Crippen molar-refractivity contribution in [2.45, 2.75) is 46.5 Å². The molecule has 1 fully saturated rings. The molecule has 21 heavy (non-hydrogen) atoms. The summed E-state index contributed by atoms with van der Waals surface area (Å²) in [5.41, 5.74) is 3.56. The van der Waals surface area contributed by atoms with Gasteiger partial charge in [0, 0.05) is 19.7 Å². The van der Waals surface area contributed by atoms with E-state index in [0.29, 0.717) is 6.42 Å². The quantitative estimate of drug-likeness (QED) is 0.926. The molecule has 0 unspecified atom stereocenters. The van der Waals surface area contributed by atoms with Gasteiger partial charge in [0.05, 0.1) is 6.42 Å². The van der Waals surface area contributed by atoms with E-state index in [0.717, 1.165) is 37.9 Å². The van der Waals surface area contributed by atoms with Crippen molar-refractivity contribution in [2.75, 3.05) is 19.7 Å². The maximum Gasteiger partial charge on any atom is 0.227 e. The molecule has 0 aromatic heterocycles. The highest BCUT2D eigenvalue weighted by Crippen LogP contribution is 2.34. The Balaban J connectivity index is 1.98. The van der Waals surface area contributed by atoms with Crippen LogP contribution in [0.5, 0.6) is 0 Å². The van der Waals surface area contributed by atoms with E-state index < -0.39 is 0 Å². The van der Waals surface area contributed by atoms with Gasteiger partial charge in [-0.3, -0.25) is 4.79 Å². The summed E-state index contributed by atoms with van der Waals surface area (Å²) in [4.78, 5) is 14.4. The Kier molecular flexibility index (Phi) is 5.04. The van der Waals surface area contributed by atoms with Crippen LogP contribution in [-0.2, 0) is 11.2 Å². The van der Waals surface area contributed by atoms with Crippen LogP contribution in [0.2, 0.25) is 0 Å². The molecule has 1 aromatic rings. The van der Waals surface area contributed by atoms with Crippen LogP contribution in [-0.4, -0.2) is 35.6 Å². The number of piperidine rings is 1. The molecular weight excluding hydrogens is 262 g/mol. The molecule has 1 heterocycles. The number of aliphatic hydroxyl groups excluding tert-OH is 1. The van der Waals surface area contributed by atoms with Crippen molar-refractivity contribution in [1.82, 2.24) is 4.90 Å². The van der Waals surface area contributed by atoms with Crippen molar-refractivity contribution >= 4 is 5.91 Å². The average Bonchev–Trinajstić information content (AvgIpc) is 2.51. The molecule has 0 spiro atoms. The number of aliphatic hydroxyl groups is 1. The van der Waals surface area contributed by atoms with Gasteiger partial charge < -0.3 is 10.0 Å². The summed E-state index contributed by atoms with van der Waals surface area (Å²) in [6.07, 6.45) is 3.31. The lowest BCUT2D eigenvalue weighted by Crippen LogP contribution is -2.45. The Hall–Kier alpha value is -1.35. The van der Waals surface area contributed by atoms with E-state index in [1.807, 2.05) is 4.90 Å². The summed E-state index contributed by atoms with van der Waals surface area (Å²) in [7, 11) is 0. The molecule has 3 nitrogen and oxygen atoms in total. The second-order valence-corrected chi connectivity index (χ2v) is 6.50. The van der Waals surface area contributed by atoms with Crippen LogP contribution < -0.4 is 0 Å². The van der Waals surface area contributed by atoms with Gasteiger partial charge in [-0.25, -0.2) is 0 Å². The largest absolute Gasteiger partial charge is 0.396 e. The normalized spacial score (nSPS) is 17.8. The van der Waals surface area contributed by atoms with Crippen LogP contribution in [0.1, 0.15) is 42.9 Å². The Morgan fingerprint density at radius 1 is 1.29 bits per heavy atom. The molecule has 2 rings (SSSR count). The molecule has 0 radical (unpaired) electrons. The fraction of sp³-hybridized carbons (Fsp3) is 0.611. The zero-order valence-electron chi connectivity index (χ0n) is 13.5. The SMILES string of the molecule is CCC1(CO)CCN(C(=O)Cc2cc(C)ccc2C)CC1. The van der Waals surface area contributed by atoms with Crippen molar-refractivity contribution in [1.29, 1.82) is 0 Å². The van der Waals surface area contributed by atoms with Gasteiger partial charge in [-0.2, -0.15) is 0 Å². The molecule has 1 aliphatic heterocycles. The standard InChI is InChI=1S/C18H27NO2/c1-4-18(13-20)7-9-19(10-8-18)17(21)12-16-11-14(2)5-6-15(16)3/h5-6,11,20H,4,7-10,12-13H2,1-3H3. The van der Waals surface area contributed by atoms with Gasteiger partial charge in [-0.05, 0) is 49.7 Å². The minimum Gasteiger partial charge on any atom is -0.396 e. The first-order valence-electron chi connectivity index (χ1n) is 7.94. The van der Waals surface area contributed by atoms with Gasteiger partial charge in [0.2, 0.25) is 5.91 Å². The number of amides is 1. The molecule has 0 atom stereocenters. The molecule has 1 saturated heterocycles. The lowest BCUT2D eigenvalue weighted by atomic mass is 9.77. The van der Waals surface area contributed by atoms with E-state index in [1.165, 1.54) is 11.1 Å². The number of nitrogens with zero attached hydrogens (tertiary/aromatic N) is 1. The molecular formula is C18H27NO2. The molecule has 116 valence electrons. The van der Waals surface area contributed by atoms with E-state index in [4.69, 9.17) is 0 Å². The second-order valence-electron chi connectivity index (χ2n) is 6.50. The number of rotatable bonds is 4. The topological polar surface area (TPSA) is 40.5 Å². The first-order valence-corrected chi connectivity index (χ1v) is 7.94. The predicted molar refractivity (Wildman–Crippen MR) is 85.2 cm³/mol. The van der Waals surface area contributed by atoms with Gasteiger partial charge >= 0.3 is 0 Å². The van der Waals surface area contributed by atoms with Crippen LogP contribution in [0.25, 0.3) is 0 Å². The maximum atomic E-state index is 12.5. The average molecular weight is 289 g/mol. The molecule has 1 aromatic carbocycles. The lowest BCUT2D eigenvalue weighted by Gasteiger charge is -2.40. The lowest BCUT2D eigenvalue weighted by molar-refractivity contribution is -0.133. The van der Waals surface area contributed by atoms with Gasteiger partial charge in [0.25, 0.3) is 0 Å². The van der Waals surface area contributed by atoms with Crippen molar-refractivity contribution in [3.8, 4) is 0 Å². The molecule has 1 aliphatic rings. The van der Waals surface area contributed by atoms with Crippen molar-refractivity contribution in [2.24, 2.45) is 5.41 Å². The van der Waals surface area contributed by atoms with E-state index in [9.17, 15) is 9.90 Å². The van der Waals surface area contributed by atoms with Crippen LogP contribution in [0, 0.1) is 19.3 Å². The fourth-order valence-corrected chi connectivity index (χ4v) is 3.12. The summed E-state index contributed by atoms with van der Waals surface area (Å²) in [5.74, 6) is 0.214. The molecule has 1 amide bonds. The summed E-state index contributed by atoms with van der Waals surface area (Å²) in [6, 6.07) is 6.28. The number of likely N-dealkylation sites (tertiary alicyclic amines) is 1. The van der Waals surface area contributed by atoms with E-state index >= 15 is 0 Å². The van der Waals surface area contributed by atoms with Crippen LogP contribution in [0.15, 0.2) is 18.2 Å². The Labute approximate surface area is 128 Å². The third-order valence-electron chi connectivity index (χ3n) is 5.11. The van der Waals surface area contributed by atoms with E-state index in [2.05, 4.69) is 39.0 Å². The number of hydrogen-bond donors (Lipinski definition) is 1. The fourth-order valence-electron chi connectivity index (χ4n) is 3.12. The Bertz CT molecular complexity index is 496. The summed E-state index contributed by atoms with van der Waals surface area (Å²) >= 11 is 0. The molecule has 1 N–H and O–H groups in total. The summed E-state index contributed by atoms with van der Waals surface area (Å²) < 4.78 is 0. The van der Waals surface area contributed by atoms with Gasteiger partial charge in [0.1, 0.15) is 0 Å². The minimum absolute atomic E-state index is 0.0377. The van der Waals surface area contributed by atoms with Crippen LogP contribution in [0.3, 0.4) is 0 Å². The highest BCUT2D eigenvalue weighted by atomic mass is 16.3. The summed E-state index contributed by atoms with van der Waals surface area (Å²) in [6.45, 7) is 8.04. The Morgan fingerprint density at radius 2 is 1.95 bits per heavy atom. The van der Waals surface area contributed by atoms with Crippen LogP contribution >= 0.6 is 0 Å². The van der Waals surface area contributed by atoms with Crippen LogP contribution in [0.4, 0.5) is 0 Å². The van der Waals surface area contributed by atoms with E-state index in [-0.39, 0.29) is 17.9 Å². The van der Waals surface area contributed by atoms with Crippen molar-refractivity contribution in [3.05, 3.63) is 34.9 Å². The van der Waals surface area contributed by atoms with Gasteiger partial charge in [-0.1, -0.05) is 30.7 Å². The number of hydrogen-bond acceptors (Lipinski definition) is 2. The molecule has 0 bridgehead atoms. The highest BCUT2D eigenvalue weighted by molar-refractivity contribution is 5.79. The number of carbonyl (C=O) groups is 1. The number of carbonyl (C=O) groups excluding carboxylic acids is 1. The summed E-state index contributed by atoms with van der Waals surface area (Å²) in [5, 5.41) is 9.57. The van der Waals surface area contributed by atoms with Gasteiger partial charge in [-0.15, -0.1) is 0 Å². The van der Waals surface area contributed by atoms with Crippen molar-refractivity contribution in [3.63, 3.8) is 0 Å². The predicted octanol–water partition coefficient (Wildman–Crippen LogP) is 2.86. The first kappa shape index (κ1) is 16.0. The third kappa shape index (κ3) is 3.65. The maximum absolute atomic E-state index is 12.5. The van der Waals surface area contributed by atoms with Gasteiger partial charge in [0.15, 0.2) is 0 Å². The smallest absolute Gasteiger partial charge is 0.227 e. The Morgan fingerprint density at radius 3 is 2.52 bits per heavy atom. The van der Waals surface area contributed by atoms with Crippen molar-refractivity contribution < 1.29 is 9.90 Å². The molecule has 0 saturated carbocycles. The zero-order valence-corrected chi connectivity index (χ0v) is 13.5. The first-order chi connectivity index (χ1) is 9.99. The minimum atomic E-state index is 0.0377.